The van der Waals surface area contributed by atoms with Crippen molar-refractivity contribution in [2.45, 2.75) is 20.3 Å². The lowest BCUT2D eigenvalue weighted by atomic mass is 10.1. The molecule has 2 aromatic rings. The van der Waals surface area contributed by atoms with Gasteiger partial charge in [0.1, 0.15) is 5.82 Å². The first-order valence-electron chi connectivity index (χ1n) is 7.02. The third kappa shape index (κ3) is 3.81. The average molecular weight is 286 g/mol. The van der Waals surface area contributed by atoms with Crippen LogP contribution in [0.5, 0.6) is 0 Å². The van der Waals surface area contributed by atoms with Crippen LogP contribution in [-0.4, -0.2) is 12.5 Å². The molecule has 0 aromatic heterocycles. The maximum absolute atomic E-state index is 13.2. The van der Waals surface area contributed by atoms with Crippen molar-refractivity contribution in [3.8, 4) is 0 Å². The number of amides is 1. The van der Waals surface area contributed by atoms with Crippen molar-refractivity contribution in [2.75, 3.05) is 17.2 Å². The van der Waals surface area contributed by atoms with Crippen LogP contribution in [0.1, 0.15) is 29.3 Å². The Bertz CT molecular complexity index is 640. The monoisotopic (exact) mass is 286 g/mol. The summed E-state index contributed by atoms with van der Waals surface area (Å²) in [4.78, 5) is 12.3. The maximum Gasteiger partial charge on any atom is 0.257 e. The van der Waals surface area contributed by atoms with Crippen molar-refractivity contribution >= 4 is 17.3 Å². The van der Waals surface area contributed by atoms with Gasteiger partial charge in [0.2, 0.25) is 0 Å². The third-order valence-corrected chi connectivity index (χ3v) is 3.15. The molecule has 0 saturated carbocycles. The Balaban J connectivity index is 2.18. The van der Waals surface area contributed by atoms with Gasteiger partial charge in [0.05, 0.1) is 5.56 Å². The molecule has 0 bridgehead atoms. The summed E-state index contributed by atoms with van der Waals surface area (Å²) in [5, 5.41) is 6.03. The molecule has 0 heterocycles. The molecule has 1 amide bonds. The van der Waals surface area contributed by atoms with Crippen molar-refractivity contribution in [3.63, 3.8) is 0 Å². The zero-order valence-electron chi connectivity index (χ0n) is 12.2. The van der Waals surface area contributed by atoms with Gasteiger partial charge in [-0.3, -0.25) is 4.79 Å². The average Bonchev–Trinajstić information content (AvgIpc) is 2.49. The van der Waals surface area contributed by atoms with E-state index >= 15 is 0 Å². The van der Waals surface area contributed by atoms with Crippen molar-refractivity contribution < 1.29 is 9.18 Å². The standard InChI is InChI=1S/C17H19FN2O/c1-3-10-19-16-7-5-4-6-14(16)17(21)20-13-8-9-15(18)12(2)11-13/h4-9,11,19H,3,10H2,1-2H3,(H,20,21). The number of hydrogen-bond donors (Lipinski definition) is 2. The number of nitrogens with one attached hydrogen (secondary N) is 2. The third-order valence-electron chi connectivity index (χ3n) is 3.15. The van der Waals surface area contributed by atoms with E-state index in [2.05, 4.69) is 17.6 Å². The van der Waals surface area contributed by atoms with Crippen LogP contribution in [-0.2, 0) is 0 Å². The largest absolute Gasteiger partial charge is 0.384 e. The predicted octanol–water partition coefficient (Wildman–Crippen LogP) is 4.21. The SMILES string of the molecule is CCCNc1ccccc1C(=O)Nc1ccc(F)c(C)c1. The quantitative estimate of drug-likeness (QED) is 0.864. The Labute approximate surface area is 124 Å². The predicted molar refractivity (Wildman–Crippen MR) is 84.3 cm³/mol. The van der Waals surface area contributed by atoms with Crippen LogP contribution < -0.4 is 10.6 Å². The van der Waals surface area contributed by atoms with Gasteiger partial charge in [0, 0.05) is 17.9 Å². The van der Waals surface area contributed by atoms with Crippen LogP contribution in [0.3, 0.4) is 0 Å². The van der Waals surface area contributed by atoms with Crippen LogP contribution in [0.2, 0.25) is 0 Å². The molecule has 110 valence electrons. The number of hydrogen-bond acceptors (Lipinski definition) is 2. The van der Waals surface area contributed by atoms with Crippen LogP contribution >= 0.6 is 0 Å². The molecule has 0 aliphatic rings. The molecule has 0 saturated heterocycles. The van der Waals surface area contributed by atoms with E-state index in [9.17, 15) is 9.18 Å². The van der Waals surface area contributed by atoms with E-state index in [1.807, 2.05) is 18.2 Å². The van der Waals surface area contributed by atoms with Crippen LogP contribution in [0.4, 0.5) is 15.8 Å². The van der Waals surface area contributed by atoms with E-state index in [-0.39, 0.29) is 11.7 Å². The van der Waals surface area contributed by atoms with Crippen molar-refractivity contribution in [3.05, 3.63) is 59.4 Å². The van der Waals surface area contributed by atoms with Gasteiger partial charge in [-0.05, 0) is 49.2 Å². The number of carbonyl (C=O) groups is 1. The fraction of sp³-hybridized carbons (Fsp3) is 0.235. The van der Waals surface area contributed by atoms with Crippen LogP contribution in [0, 0.1) is 12.7 Å². The van der Waals surface area contributed by atoms with Gasteiger partial charge in [-0.1, -0.05) is 19.1 Å². The molecule has 0 fully saturated rings. The zero-order valence-corrected chi connectivity index (χ0v) is 12.2. The molecule has 0 aliphatic heterocycles. The Morgan fingerprint density at radius 3 is 2.67 bits per heavy atom. The maximum atomic E-state index is 13.2. The highest BCUT2D eigenvalue weighted by atomic mass is 19.1. The molecule has 3 nitrogen and oxygen atoms in total. The molecule has 0 spiro atoms. The smallest absolute Gasteiger partial charge is 0.257 e. The van der Waals surface area contributed by atoms with Crippen LogP contribution in [0.15, 0.2) is 42.5 Å². The highest BCUT2D eigenvalue weighted by Gasteiger charge is 2.11. The highest BCUT2D eigenvalue weighted by Crippen LogP contribution is 2.19. The molecule has 21 heavy (non-hydrogen) atoms. The molecule has 0 radical (unpaired) electrons. The van der Waals surface area contributed by atoms with Gasteiger partial charge < -0.3 is 10.6 Å². The van der Waals surface area contributed by atoms with E-state index in [0.29, 0.717) is 16.8 Å². The van der Waals surface area contributed by atoms with Crippen molar-refractivity contribution in [2.24, 2.45) is 0 Å². The van der Waals surface area contributed by atoms with Gasteiger partial charge in [0.15, 0.2) is 0 Å². The minimum absolute atomic E-state index is 0.208. The fourth-order valence-electron chi connectivity index (χ4n) is 2.02. The van der Waals surface area contributed by atoms with E-state index in [1.54, 1.807) is 25.1 Å². The zero-order chi connectivity index (χ0) is 15.2. The number of para-hydroxylation sites is 1. The molecule has 2 aromatic carbocycles. The normalized spacial score (nSPS) is 10.2. The molecule has 0 atom stereocenters. The Morgan fingerprint density at radius 1 is 1.19 bits per heavy atom. The molecule has 0 unspecified atom stereocenters. The number of aryl methyl sites for hydroxylation is 1. The lowest BCUT2D eigenvalue weighted by molar-refractivity contribution is 0.102. The van der Waals surface area contributed by atoms with Gasteiger partial charge in [0.25, 0.3) is 5.91 Å². The number of carbonyl (C=O) groups excluding carboxylic acids is 1. The van der Waals surface area contributed by atoms with Gasteiger partial charge >= 0.3 is 0 Å². The lowest BCUT2D eigenvalue weighted by Crippen LogP contribution is -2.15. The first-order chi connectivity index (χ1) is 10.1. The first-order valence-corrected chi connectivity index (χ1v) is 7.02. The van der Waals surface area contributed by atoms with Crippen molar-refractivity contribution in [1.82, 2.24) is 0 Å². The van der Waals surface area contributed by atoms with Crippen LogP contribution in [0.25, 0.3) is 0 Å². The molecule has 2 rings (SSSR count). The second kappa shape index (κ2) is 6.88. The minimum atomic E-state index is -0.280. The molecular weight excluding hydrogens is 267 g/mol. The van der Waals surface area contributed by atoms with Gasteiger partial charge in [-0.25, -0.2) is 4.39 Å². The summed E-state index contributed by atoms with van der Waals surface area (Å²) in [6, 6.07) is 11.9. The molecule has 4 heteroatoms. The molecule has 0 aliphatic carbocycles. The number of rotatable bonds is 5. The summed E-state index contributed by atoms with van der Waals surface area (Å²) in [7, 11) is 0. The van der Waals surface area contributed by atoms with E-state index in [4.69, 9.17) is 0 Å². The highest BCUT2D eigenvalue weighted by molar-refractivity contribution is 6.08. The Morgan fingerprint density at radius 2 is 1.95 bits per heavy atom. The number of anilines is 2. The van der Waals surface area contributed by atoms with Gasteiger partial charge in [-0.15, -0.1) is 0 Å². The van der Waals surface area contributed by atoms with Crippen molar-refractivity contribution in [1.29, 1.82) is 0 Å². The second-order valence-electron chi connectivity index (χ2n) is 4.89. The summed E-state index contributed by atoms with van der Waals surface area (Å²) in [6.45, 7) is 4.54. The minimum Gasteiger partial charge on any atom is -0.384 e. The second-order valence-corrected chi connectivity index (χ2v) is 4.89. The number of benzene rings is 2. The first kappa shape index (κ1) is 15.0. The van der Waals surface area contributed by atoms with Gasteiger partial charge in [-0.2, -0.15) is 0 Å². The summed E-state index contributed by atoms with van der Waals surface area (Å²) < 4.78 is 13.2. The van der Waals surface area contributed by atoms with E-state index < -0.39 is 0 Å². The lowest BCUT2D eigenvalue weighted by Gasteiger charge is -2.12. The topological polar surface area (TPSA) is 41.1 Å². The van der Waals surface area contributed by atoms with E-state index in [0.717, 1.165) is 18.7 Å². The molecule has 2 N–H and O–H groups in total. The Hall–Kier alpha value is -2.36. The number of halogens is 1. The Kier molecular flexibility index (Phi) is 4.93. The summed E-state index contributed by atoms with van der Waals surface area (Å²) in [5.74, 6) is -0.488. The van der Waals surface area contributed by atoms with E-state index in [1.165, 1.54) is 6.07 Å². The molecular formula is C17H19FN2O. The fourth-order valence-corrected chi connectivity index (χ4v) is 2.02. The summed E-state index contributed by atoms with van der Waals surface area (Å²) in [6.07, 6.45) is 0.979. The summed E-state index contributed by atoms with van der Waals surface area (Å²) in [5.41, 5.74) is 2.47. The summed E-state index contributed by atoms with van der Waals surface area (Å²) >= 11 is 0.